The number of hydrogen-bond acceptors (Lipinski definition) is 4. The Morgan fingerprint density at radius 2 is 2.00 bits per heavy atom. The van der Waals surface area contributed by atoms with Crippen LogP contribution < -0.4 is 10.5 Å². The Hall–Kier alpha value is -0.790. The van der Waals surface area contributed by atoms with Crippen molar-refractivity contribution in [2.75, 3.05) is 5.32 Å². The van der Waals surface area contributed by atoms with E-state index in [0.717, 1.165) is 5.56 Å². The summed E-state index contributed by atoms with van der Waals surface area (Å²) in [5.41, 5.74) is 1.50. The minimum atomic E-state index is -3.71. The number of nitrogens with one attached hydrogen (secondary N) is 1. The molecule has 108 valence electrons. The Bertz CT molecular complexity index is 729. The molecule has 1 aromatic heterocycles. The summed E-state index contributed by atoms with van der Waals surface area (Å²) in [5, 5.41) is 8.27. The maximum atomic E-state index is 11.3. The number of nitrogens with two attached hydrogens (primary N) is 1. The standard InChI is InChI=1S/C12H12Cl2N2O2S2/c1-7(10-6-11(13)19-12(10)14)16-8-3-2-4-9(5-8)20(15,17)18/h2-7,16H,1H3,(H2,15,17,18). The minimum Gasteiger partial charge on any atom is -0.378 e. The van der Waals surface area contributed by atoms with E-state index in [1.165, 1.54) is 23.5 Å². The molecule has 2 rings (SSSR count). The van der Waals surface area contributed by atoms with Gasteiger partial charge in [0, 0.05) is 11.3 Å². The van der Waals surface area contributed by atoms with E-state index in [0.29, 0.717) is 14.4 Å². The summed E-state index contributed by atoms with van der Waals surface area (Å²) in [6.45, 7) is 1.91. The van der Waals surface area contributed by atoms with Gasteiger partial charge in [0.1, 0.15) is 0 Å². The quantitative estimate of drug-likeness (QED) is 0.878. The molecule has 1 aromatic carbocycles. The first-order chi connectivity index (χ1) is 9.27. The summed E-state index contributed by atoms with van der Waals surface area (Å²) in [4.78, 5) is 0.0594. The normalized spacial score (nSPS) is 13.2. The monoisotopic (exact) mass is 350 g/mol. The first-order valence-electron chi connectivity index (χ1n) is 5.61. The first kappa shape index (κ1) is 15.6. The van der Waals surface area contributed by atoms with Gasteiger partial charge in [0.25, 0.3) is 0 Å². The molecule has 0 aliphatic carbocycles. The lowest BCUT2D eigenvalue weighted by atomic mass is 10.1. The molecule has 1 atom stereocenters. The van der Waals surface area contributed by atoms with E-state index in [2.05, 4.69) is 5.32 Å². The van der Waals surface area contributed by atoms with Crippen molar-refractivity contribution in [3.05, 3.63) is 44.6 Å². The van der Waals surface area contributed by atoms with E-state index in [9.17, 15) is 8.42 Å². The number of sulfonamides is 1. The third-order valence-electron chi connectivity index (χ3n) is 2.70. The third-order valence-corrected chi connectivity index (χ3v) is 5.12. The molecule has 0 aliphatic rings. The number of benzene rings is 1. The second kappa shape index (κ2) is 5.91. The van der Waals surface area contributed by atoms with Crippen molar-refractivity contribution in [2.24, 2.45) is 5.14 Å². The maximum Gasteiger partial charge on any atom is 0.238 e. The summed E-state index contributed by atoms with van der Waals surface area (Å²) in [6.07, 6.45) is 0. The molecule has 0 saturated heterocycles. The SMILES string of the molecule is CC(Nc1cccc(S(N)(=O)=O)c1)c1cc(Cl)sc1Cl. The molecule has 1 heterocycles. The Kier molecular flexibility index (Phi) is 4.61. The highest BCUT2D eigenvalue weighted by atomic mass is 35.5. The zero-order valence-electron chi connectivity index (χ0n) is 10.4. The van der Waals surface area contributed by atoms with Crippen LogP contribution in [0.1, 0.15) is 18.5 Å². The van der Waals surface area contributed by atoms with E-state index in [4.69, 9.17) is 28.3 Å². The van der Waals surface area contributed by atoms with Gasteiger partial charge < -0.3 is 5.32 Å². The molecule has 0 aliphatic heterocycles. The van der Waals surface area contributed by atoms with Crippen molar-refractivity contribution in [2.45, 2.75) is 17.9 Å². The van der Waals surface area contributed by atoms with Crippen molar-refractivity contribution in [3.8, 4) is 0 Å². The van der Waals surface area contributed by atoms with Gasteiger partial charge in [-0.05, 0) is 31.2 Å². The van der Waals surface area contributed by atoms with Gasteiger partial charge in [-0.25, -0.2) is 13.6 Å². The highest BCUT2D eigenvalue weighted by molar-refractivity contribution is 7.89. The Labute approximate surface area is 131 Å². The van der Waals surface area contributed by atoms with E-state index in [1.807, 2.05) is 6.92 Å². The van der Waals surface area contributed by atoms with Crippen LogP contribution >= 0.6 is 34.5 Å². The van der Waals surface area contributed by atoms with Crippen LogP contribution in [-0.2, 0) is 10.0 Å². The van der Waals surface area contributed by atoms with Gasteiger partial charge in [0.15, 0.2) is 0 Å². The van der Waals surface area contributed by atoms with Gasteiger partial charge in [-0.3, -0.25) is 0 Å². The second-order valence-electron chi connectivity index (χ2n) is 4.22. The number of thiophene rings is 1. The molecule has 3 N–H and O–H groups in total. The van der Waals surface area contributed by atoms with Crippen molar-refractivity contribution in [1.82, 2.24) is 0 Å². The molecular formula is C12H12Cl2N2O2S2. The molecule has 0 bridgehead atoms. The van der Waals surface area contributed by atoms with Crippen LogP contribution in [0.2, 0.25) is 8.67 Å². The van der Waals surface area contributed by atoms with E-state index < -0.39 is 10.0 Å². The van der Waals surface area contributed by atoms with Crippen LogP contribution in [0.15, 0.2) is 35.2 Å². The van der Waals surface area contributed by atoms with E-state index in [1.54, 1.807) is 18.2 Å². The van der Waals surface area contributed by atoms with Gasteiger partial charge in [-0.1, -0.05) is 29.3 Å². The summed E-state index contributed by atoms with van der Waals surface area (Å²) >= 11 is 13.3. The molecule has 0 radical (unpaired) electrons. The van der Waals surface area contributed by atoms with Crippen LogP contribution in [0.25, 0.3) is 0 Å². The average Bonchev–Trinajstić information content (AvgIpc) is 2.68. The van der Waals surface area contributed by atoms with Crippen molar-refractivity contribution in [1.29, 1.82) is 0 Å². The fourth-order valence-corrected chi connectivity index (χ4v) is 3.94. The lowest BCUT2D eigenvalue weighted by Gasteiger charge is -2.15. The van der Waals surface area contributed by atoms with E-state index >= 15 is 0 Å². The molecule has 8 heteroatoms. The molecular weight excluding hydrogens is 339 g/mol. The summed E-state index contributed by atoms with van der Waals surface area (Å²) in [5.74, 6) is 0. The summed E-state index contributed by atoms with van der Waals surface area (Å²) in [7, 11) is -3.71. The Morgan fingerprint density at radius 3 is 2.55 bits per heavy atom. The molecule has 0 fully saturated rings. The largest absolute Gasteiger partial charge is 0.378 e. The lowest BCUT2D eigenvalue weighted by Crippen LogP contribution is -2.13. The fraction of sp³-hybridized carbons (Fsp3) is 0.167. The smallest absolute Gasteiger partial charge is 0.238 e. The van der Waals surface area contributed by atoms with Crippen LogP contribution in [0.5, 0.6) is 0 Å². The summed E-state index contributed by atoms with van der Waals surface area (Å²) in [6, 6.07) is 7.98. The van der Waals surface area contributed by atoms with Crippen LogP contribution in [0, 0.1) is 0 Å². The number of anilines is 1. The van der Waals surface area contributed by atoms with Gasteiger partial charge in [0.05, 0.1) is 19.6 Å². The van der Waals surface area contributed by atoms with Crippen LogP contribution in [-0.4, -0.2) is 8.42 Å². The summed E-state index contributed by atoms with van der Waals surface area (Å²) < 4.78 is 23.8. The van der Waals surface area contributed by atoms with Crippen LogP contribution in [0.4, 0.5) is 5.69 Å². The van der Waals surface area contributed by atoms with Crippen molar-refractivity contribution < 1.29 is 8.42 Å². The predicted molar refractivity (Wildman–Crippen MR) is 84.2 cm³/mol. The lowest BCUT2D eigenvalue weighted by molar-refractivity contribution is 0.598. The highest BCUT2D eigenvalue weighted by Crippen LogP contribution is 2.36. The van der Waals surface area contributed by atoms with Gasteiger partial charge in [-0.15, -0.1) is 11.3 Å². The Balaban J connectivity index is 2.24. The number of primary sulfonamides is 1. The van der Waals surface area contributed by atoms with Gasteiger partial charge in [0.2, 0.25) is 10.0 Å². The predicted octanol–water partition coefficient (Wildman–Crippen LogP) is 3.88. The second-order valence-corrected chi connectivity index (χ2v) is 8.07. The van der Waals surface area contributed by atoms with Crippen LogP contribution in [0.3, 0.4) is 0 Å². The van der Waals surface area contributed by atoms with Crippen molar-refractivity contribution in [3.63, 3.8) is 0 Å². The zero-order valence-corrected chi connectivity index (χ0v) is 13.6. The average molecular weight is 351 g/mol. The molecule has 4 nitrogen and oxygen atoms in total. The first-order valence-corrected chi connectivity index (χ1v) is 8.73. The van der Waals surface area contributed by atoms with Gasteiger partial charge in [-0.2, -0.15) is 0 Å². The molecule has 0 spiro atoms. The van der Waals surface area contributed by atoms with E-state index in [-0.39, 0.29) is 10.9 Å². The topological polar surface area (TPSA) is 72.2 Å². The number of halogens is 2. The molecule has 1 unspecified atom stereocenters. The van der Waals surface area contributed by atoms with Crippen molar-refractivity contribution >= 4 is 50.2 Å². The highest BCUT2D eigenvalue weighted by Gasteiger charge is 2.14. The molecule has 2 aromatic rings. The minimum absolute atomic E-state index is 0.0594. The Morgan fingerprint density at radius 1 is 1.30 bits per heavy atom. The molecule has 0 amide bonds. The number of rotatable bonds is 4. The zero-order chi connectivity index (χ0) is 14.9. The number of hydrogen-bond donors (Lipinski definition) is 2. The van der Waals surface area contributed by atoms with Gasteiger partial charge >= 0.3 is 0 Å². The third kappa shape index (κ3) is 3.65. The fourth-order valence-electron chi connectivity index (χ4n) is 1.74. The molecule has 0 saturated carbocycles. The maximum absolute atomic E-state index is 11.3. The molecule has 20 heavy (non-hydrogen) atoms.